The Morgan fingerprint density at radius 2 is 2.23 bits per heavy atom. The number of nitrogens with zero attached hydrogens (tertiary/aromatic N) is 2. The summed E-state index contributed by atoms with van der Waals surface area (Å²) in [5.74, 6) is -0.178. The van der Waals surface area contributed by atoms with Crippen molar-refractivity contribution in [2.45, 2.75) is 19.4 Å². The fourth-order valence-corrected chi connectivity index (χ4v) is 0.633. The number of nitrogens with one attached hydrogen (secondary N) is 1. The van der Waals surface area contributed by atoms with Gasteiger partial charge in [-0.1, -0.05) is 0 Å². The Kier molecular flexibility index (Phi) is 2.57. The maximum atomic E-state index is 11.2. The summed E-state index contributed by atoms with van der Waals surface area (Å²) < 4.78 is 0. The van der Waals surface area contributed by atoms with Crippen molar-refractivity contribution < 1.29 is 9.90 Å². The summed E-state index contributed by atoms with van der Waals surface area (Å²) >= 11 is 0. The van der Waals surface area contributed by atoms with Crippen LogP contribution in [0.25, 0.3) is 0 Å². The number of hydrogen-bond donors (Lipinski definition) is 2. The zero-order valence-electron chi connectivity index (χ0n) is 7.48. The van der Waals surface area contributed by atoms with Crippen LogP contribution in [0, 0.1) is 0 Å². The number of aromatic nitrogens is 2. The van der Waals surface area contributed by atoms with Crippen molar-refractivity contribution in [3.63, 3.8) is 0 Å². The Balaban J connectivity index is 2.66. The Morgan fingerprint density at radius 1 is 1.54 bits per heavy atom. The lowest BCUT2D eigenvalue weighted by Crippen LogP contribution is -2.36. The van der Waals surface area contributed by atoms with Gasteiger partial charge in [-0.25, -0.2) is 4.98 Å². The number of carbonyl (C=O) groups excluding carboxylic acids is 1. The molecule has 5 heteroatoms. The van der Waals surface area contributed by atoms with E-state index < -0.39 is 11.5 Å². The fourth-order valence-electron chi connectivity index (χ4n) is 0.633. The van der Waals surface area contributed by atoms with Gasteiger partial charge in [-0.3, -0.25) is 9.78 Å². The Hall–Kier alpha value is -1.49. The van der Waals surface area contributed by atoms with Crippen LogP contribution in [0.3, 0.4) is 0 Å². The standard InChI is InChI=1S/C8H11N3O2/c1-8(2,13)7(12)11-6-5-9-3-4-10-6/h3-5,13H,1-2H3,(H,10,11,12). The van der Waals surface area contributed by atoms with E-state index in [1.54, 1.807) is 0 Å². The molecule has 0 aliphatic carbocycles. The molecule has 1 heterocycles. The largest absolute Gasteiger partial charge is 0.381 e. The average molecular weight is 181 g/mol. The van der Waals surface area contributed by atoms with Gasteiger partial charge >= 0.3 is 0 Å². The Labute approximate surface area is 75.8 Å². The van der Waals surface area contributed by atoms with Crippen molar-refractivity contribution in [3.8, 4) is 0 Å². The highest BCUT2D eigenvalue weighted by Crippen LogP contribution is 2.05. The lowest BCUT2D eigenvalue weighted by atomic mass is 10.1. The van der Waals surface area contributed by atoms with Gasteiger partial charge in [0.25, 0.3) is 5.91 Å². The maximum absolute atomic E-state index is 11.2. The van der Waals surface area contributed by atoms with E-state index in [0.717, 1.165) is 0 Å². The van der Waals surface area contributed by atoms with E-state index in [1.165, 1.54) is 32.4 Å². The van der Waals surface area contributed by atoms with Crippen LogP contribution in [0.5, 0.6) is 0 Å². The van der Waals surface area contributed by atoms with Gasteiger partial charge < -0.3 is 10.4 Å². The molecule has 0 saturated carbocycles. The molecule has 0 aliphatic rings. The zero-order chi connectivity index (χ0) is 9.90. The van der Waals surface area contributed by atoms with E-state index in [4.69, 9.17) is 0 Å². The van der Waals surface area contributed by atoms with E-state index in [2.05, 4.69) is 15.3 Å². The van der Waals surface area contributed by atoms with E-state index in [0.29, 0.717) is 5.82 Å². The Bertz CT molecular complexity index is 292. The Morgan fingerprint density at radius 3 is 2.69 bits per heavy atom. The first kappa shape index (κ1) is 9.60. The van der Waals surface area contributed by atoms with Crippen molar-refractivity contribution in [1.82, 2.24) is 9.97 Å². The van der Waals surface area contributed by atoms with Crippen molar-refractivity contribution in [2.75, 3.05) is 5.32 Å². The predicted molar refractivity (Wildman–Crippen MR) is 47.0 cm³/mol. The minimum Gasteiger partial charge on any atom is -0.381 e. The molecule has 13 heavy (non-hydrogen) atoms. The first-order valence-electron chi connectivity index (χ1n) is 3.80. The zero-order valence-corrected chi connectivity index (χ0v) is 7.48. The van der Waals surface area contributed by atoms with Gasteiger partial charge in [-0.05, 0) is 13.8 Å². The molecule has 0 aliphatic heterocycles. The lowest BCUT2D eigenvalue weighted by Gasteiger charge is -2.15. The van der Waals surface area contributed by atoms with Gasteiger partial charge in [0.1, 0.15) is 5.60 Å². The fraction of sp³-hybridized carbons (Fsp3) is 0.375. The molecule has 0 radical (unpaired) electrons. The van der Waals surface area contributed by atoms with Gasteiger partial charge in [-0.2, -0.15) is 0 Å². The minimum atomic E-state index is -1.41. The smallest absolute Gasteiger partial charge is 0.256 e. The molecule has 1 aromatic rings. The molecular formula is C8H11N3O2. The maximum Gasteiger partial charge on any atom is 0.256 e. The second-order valence-corrected chi connectivity index (χ2v) is 3.10. The molecule has 0 atom stereocenters. The number of aliphatic hydroxyl groups is 1. The quantitative estimate of drug-likeness (QED) is 0.682. The van der Waals surface area contributed by atoms with Crippen LogP contribution >= 0.6 is 0 Å². The predicted octanol–water partition coefficient (Wildman–Crippen LogP) is 0.186. The van der Waals surface area contributed by atoms with Crippen molar-refractivity contribution in [3.05, 3.63) is 18.6 Å². The highest BCUT2D eigenvalue weighted by atomic mass is 16.3. The van der Waals surface area contributed by atoms with Crippen LogP contribution in [0.2, 0.25) is 0 Å². The van der Waals surface area contributed by atoms with Crippen molar-refractivity contribution in [1.29, 1.82) is 0 Å². The molecule has 2 N–H and O–H groups in total. The van der Waals surface area contributed by atoms with Crippen LogP contribution in [0.1, 0.15) is 13.8 Å². The molecule has 0 spiro atoms. The SMILES string of the molecule is CC(C)(O)C(=O)Nc1cnccn1. The van der Waals surface area contributed by atoms with Crippen LogP contribution in [-0.4, -0.2) is 26.6 Å². The highest BCUT2D eigenvalue weighted by Gasteiger charge is 2.23. The number of rotatable bonds is 2. The number of anilines is 1. The summed E-state index contributed by atoms with van der Waals surface area (Å²) in [5.41, 5.74) is -1.41. The van der Waals surface area contributed by atoms with E-state index in [1.807, 2.05) is 0 Å². The van der Waals surface area contributed by atoms with Gasteiger partial charge in [0.15, 0.2) is 5.82 Å². The highest BCUT2D eigenvalue weighted by molar-refractivity contribution is 5.95. The number of carbonyl (C=O) groups is 1. The minimum absolute atomic E-state index is 0.328. The lowest BCUT2D eigenvalue weighted by molar-refractivity contribution is -0.130. The van der Waals surface area contributed by atoms with E-state index in [9.17, 15) is 9.90 Å². The molecular weight excluding hydrogens is 170 g/mol. The van der Waals surface area contributed by atoms with E-state index in [-0.39, 0.29) is 0 Å². The van der Waals surface area contributed by atoms with Crippen LogP contribution < -0.4 is 5.32 Å². The molecule has 0 fully saturated rings. The monoisotopic (exact) mass is 181 g/mol. The van der Waals surface area contributed by atoms with Gasteiger partial charge in [0, 0.05) is 12.4 Å². The van der Waals surface area contributed by atoms with Crippen LogP contribution in [0.15, 0.2) is 18.6 Å². The molecule has 0 unspecified atom stereocenters. The molecule has 1 rings (SSSR count). The summed E-state index contributed by atoms with van der Waals surface area (Å²) in [4.78, 5) is 18.8. The molecule has 0 aromatic carbocycles. The van der Waals surface area contributed by atoms with Crippen LogP contribution in [-0.2, 0) is 4.79 Å². The summed E-state index contributed by atoms with van der Waals surface area (Å²) in [5, 5.41) is 11.7. The molecule has 5 nitrogen and oxygen atoms in total. The second kappa shape index (κ2) is 3.49. The normalized spacial score (nSPS) is 11.0. The third kappa shape index (κ3) is 2.79. The summed E-state index contributed by atoms with van der Waals surface area (Å²) in [6.07, 6.45) is 4.36. The van der Waals surface area contributed by atoms with Crippen molar-refractivity contribution >= 4 is 11.7 Å². The summed E-state index contributed by atoms with van der Waals surface area (Å²) in [6, 6.07) is 0. The van der Waals surface area contributed by atoms with Gasteiger partial charge in [0.2, 0.25) is 0 Å². The van der Waals surface area contributed by atoms with Gasteiger partial charge in [0.05, 0.1) is 6.20 Å². The van der Waals surface area contributed by atoms with E-state index >= 15 is 0 Å². The average Bonchev–Trinajstić information content (AvgIpc) is 2.04. The third-order valence-corrected chi connectivity index (χ3v) is 1.36. The second-order valence-electron chi connectivity index (χ2n) is 3.10. The first-order chi connectivity index (χ1) is 6.00. The third-order valence-electron chi connectivity index (χ3n) is 1.36. The topological polar surface area (TPSA) is 75.1 Å². The molecule has 0 bridgehead atoms. The number of amides is 1. The molecule has 1 amide bonds. The summed E-state index contributed by atoms with van der Waals surface area (Å²) in [7, 11) is 0. The molecule has 70 valence electrons. The molecule has 1 aromatic heterocycles. The van der Waals surface area contributed by atoms with Gasteiger partial charge in [-0.15, -0.1) is 0 Å². The first-order valence-corrected chi connectivity index (χ1v) is 3.80. The van der Waals surface area contributed by atoms with Crippen molar-refractivity contribution in [2.24, 2.45) is 0 Å². The summed E-state index contributed by atoms with van der Waals surface area (Å²) in [6.45, 7) is 2.80. The number of hydrogen-bond acceptors (Lipinski definition) is 4. The molecule has 0 saturated heterocycles. The van der Waals surface area contributed by atoms with Crippen LogP contribution in [0.4, 0.5) is 5.82 Å².